The van der Waals surface area contributed by atoms with Gasteiger partial charge in [-0.2, -0.15) is 0 Å². The van der Waals surface area contributed by atoms with Gasteiger partial charge in [0.1, 0.15) is 48.1 Å². The summed E-state index contributed by atoms with van der Waals surface area (Å²) in [7, 11) is 1.46. The zero-order valence-corrected chi connectivity index (χ0v) is 40.1. The Hall–Kier alpha value is -5.75. The van der Waals surface area contributed by atoms with E-state index in [4.69, 9.17) is 10.5 Å². The first-order valence-electron chi connectivity index (χ1n) is 23.2. The van der Waals surface area contributed by atoms with Crippen molar-refractivity contribution < 1.29 is 53.0 Å². The minimum atomic E-state index is -1.63. The van der Waals surface area contributed by atoms with E-state index in [1.54, 1.807) is 39.8 Å². The second-order valence-electron chi connectivity index (χ2n) is 19.6. The Bertz CT molecular complexity index is 1960. The maximum atomic E-state index is 14.9. The lowest BCUT2D eigenvalue weighted by molar-refractivity contribution is -0.166. The van der Waals surface area contributed by atoms with E-state index in [1.807, 2.05) is 34.6 Å². The fraction of sp³-hybridized carbons (Fsp3) is 0.681. The van der Waals surface area contributed by atoms with Crippen molar-refractivity contribution in [2.45, 2.75) is 168 Å². The van der Waals surface area contributed by atoms with Crippen LogP contribution in [0.25, 0.3) is 0 Å². The number of hydrogen-bond acceptors (Lipinski definition) is 11. The van der Waals surface area contributed by atoms with Gasteiger partial charge in [0.25, 0.3) is 0 Å². The van der Waals surface area contributed by atoms with Crippen LogP contribution in [0, 0.1) is 29.6 Å². The number of fused-ring (bicyclic) bond motifs is 15. The van der Waals surface area contributed by atoms with Gasteiger partial charge in [-0.05, 0) is 80.4 Å². The van der Waals surface area contributed by atoms with Gasteiger partial charge < -0.3 is 52.0 Å². The van der Waals surface area contributed by atoms with Crippen molar-refractivity contribution in [3.8, 4) is 5.75 Å². The third-order valence-electron chi connectivity index (χ3n) is 13.5. The van der Waals surface area contributed by atoms with Crippen LogP contribution in [0.5, 0.6) is 5.75 Å². The van der Waals surface area contributed by atoms with Gasteiger partial charge in [-0.25, -0.2) is 4.79 Å². The second-order valence-corrected chi connectivity index (χ2v) is 19.6. The number of primary amides is 1. The van der Waals surface area contributed by atoms with Gasteiger partial charge in [0.2, 0.25) is 47.8 Å². The van der Waals surface area contributed by atoms with E-state index >= 15 is 0 Å². The van der Waals surface area contributed by atoms with Crippen LogP contribution in [0.15, 0.2) is 24.3 Å². The number of ether oxygens (including phenoxy) is 1. The molecule has 5 rings (SSSR count). The SMILES string of the molecule is CCC(C)[C@H]1C(=O)N(C)C(Cc2ccc(O)cc2)C(=O)N[C@@H]2C(=O)O[C@@H](CC2C)[C@H](NC(=O)[C@H](CCC(N)=O)NC(=O)C(C)C)C(=O)N[C@@H](CC(C)C)C(=O)NC2(CC2C)C[C@H](C)N1C=O. The number of carbonyl (C=O) groups is 9. The summed E-state index contributed by atoms with van der Waals surface area (Å²) in [6.45, 7) is 16.1. The molecule has 3 aliphatic heterocycles. The third-order valence-corrected chi connectivity index (χ3v) is 13.5. The van der Waals surface area contributed by atoms with Crippen molar-refractivity contribution >= 4 is 53.7 Å². The summed E-state index contributed by atoms with van der Waals surface area (Å²) in [4.78, 5) is 127. The number of carbonyl (C=O) groups excluding carboxylic acids is 9. The molecule has 2 bridgehead atoms. The average molecular weight is 925 g/mol. The molecule has 0 aromatic heterocycles. The maximum absolute atomic E-state index is 14.9. The van der Waals surface area contributed by atoms with Crippen LogP contribution in [-0.4, -0.2) is 130 Å². The quantitative estimate of drug-likeness (QED) is 0.0791. The number of benzene rings is 1. The topological polar surface area (TPSA) is 276 Å². The van der Waals surface area contributed by atoms with Crippen LogP contribution >= 0.6 is 0 Å². The summed E-state index contributed by atoms with van der Waals surface area (Å²) in [6, 6.07) is -2.13. The highest BCUT2D eigenvalue weighted by atomic mass is 16.5. The van der Waals surface area contributed by atoms with Crippen LogP contribution in [0.2, 0.25) is 0 Å². The molecule has 1 aromatic rings. The molecule has 8 N–H and O–H groups in total. The van der Waals surface area contributed by atoms with E-state index in [0.717, 1.165) is 0 Å². The van der Waals surface area contributed by atoms with Crippen LogP contribution in [-0.2, 0) is 54.3 Å². The van der Waals surface area contributed by atoms with E-state index in [-0.39, 0.29) is 62.0 Å². The van der Waals surface area contributed by atoms with E-state index in [2.05, 4.69) is 26.6 Å². The van der Waals surface area contributed by atoms with Gasteiger partial charge in [0.15, 0.2) is 0 Å². The lowest BCUT2D eigenvalue weighted by Crippen LogP contribution is -2.65. The second kappa shape index (κ2) is 22.6. The first kappa shape index (κ1) is 52.9. The molecule has 12 atom stereocenters. The molecule has 1 aromatic carbocycles. The fourth-order valence-corrected chi connectivity index (χ4v) is 9.02. The summed E-state index contributed by atoms with van der Waals surface area (Å²) in [5.41, 5.74) is 5.16. The number of hydrogen-bond donors (Lipinski definition) is 7. The Labute approximate surface area is 387 Å². The largest absolute Gasteiger partial charge is 0.508 e. The van der Waals surface area contributed by atoms with Crippen LogP contribution < -0.4 is 32.3 Å². The molecule has 66 heavy (non-hydrogen) atoms. The van der Waals surface area contributed by atoms with E-state index < -0.39 is 113 Å². The Morgan fingerprint density at radius 2 is 1.59 bits per heavy atom. The number of aromatic hydroxyl groups is 1. The van der Waals surface area contributed by atoms with Crippen LogP contribution in [0.1, 0.15) is 113 Å². The molecule has 366 valence electrons. The lowest BCUT2D eigenvalue weighted by Gasteiger charge is -2.41. The number of phenolic OH excluding ortho intramolecular Hbond substituents is 1. The van der Waals surface area contributed by atoms with Crippen molar-refractivity contribution in [1.82, 2.24) is 36.4 Å². The normalized spacial score (nSPS) is 29.9. The molecule has 4 aliphatic rings. The Balaban J connectivity index is 1.85. The Morgan fingerprint density at radius 1 is 0.955 bits per heavy atom. The number of nitrogens with one attached hydrogen (secondary N) is 5. The summed E-state index contributed by atoms with van der Waals surface area (Å²) in [6.07, 6.45) is 0.136. The molecule has 3 saturated heterocycles. The number of rotatable bonds is 14. The predicted molar refractivity (Wildman–Crippen MR) is 242 cm³/mol. The summed E-state index contributed by atoms with van der Waals surface area (Å²) < 4.78 is 5.90. The zero-order chi connectivity index (χ0) is 49.4. The first-order chi connectivity index (χ1) is 30.9. The molecule has 1 spiro atoms. The molecule has 5 unspecified atom stereocenters. The monoisotopic (exact) mass is 925 g/mol. The molecule has 1 saturated carbocycles. The molecule has 19 nitrogen and oxygen atoms in total. The van der Waals surface area contributed by atoms with Crippen molar-refractivity contribution in [2.24, 2.45) is 35.3 Å². The molecular weight excluding hydrogens is 853 g/mol. The fourth-order valence-electron chi connectivity index (χ4n) is 9.02. The number of nitrogens with two attached hydrogens (primary N) is 1. The summed E-state index contributed by atoms with van der Waals surface area (Å²) in [5.74, 6) is -7.49. The summed E-state index contributed by atoms with van der Waals surface area (Å²) in [5, 5.41) is 24.0. The summed E-state index contributed by atoms with van der Waals surface area (Å²) >= 11 is 0. The van der Waals surface area contributed by atoms with Gasteiger partial charge in [-0.15, -0.1) is 0 Å². The van der Waals surface area contributed by atoms with Crippen molar-refractivity contribution in [2.75, 3.05) is 7.05 Å². The molecule has 4 fully saturated rings. The minimum Gasteiger partial charge on any atom is -0.508 e. The zero-order valence-electron chi connectivity index (χ0n) is 40.1. The smallest absolute Gasteiger partial charge is 0.329 e. The van der Waals surface area contributed by atoms with Gasteiger partial charge in [0, 0.05) is 37.4 Å². The Morgan fingerprint density at radius 3 is 2.12 bits per heavy atom. The van der Waals surface area contributed by atoms with E-state index in [0.29, 0.717) is 24.8 Å². The number of likely N-dealkylation sites (N-methyl/N-ethyl adjacent to an activating group) is 1. The number of phenols is 1. The number of nitrogens with zero attached hydrogens (tertiary/aromatic N) is 2. The van der Waals surface area contributed by atoms with Crippen LogP contribution in [0.4, 0.5) is 0 Å². The van der Waals surface area contributed by atoms with Gasteiger partial charge in [-0.3, -0.25) is 38.4 Å². The molecule has 1 aliphatic carbocycles. The first-order valence-corrected chi connectivity index (χ1v) is 23.2. The standard InChI is InChI=1S/C47H72N8O11/c1-11-26(6)39-45(64)54(10)34(20-30-12-14-31(57)15-13-30)43(62)51-37-27(7)19-35(66-46(37)65)38(52-41(60)32(16-17-36(48)58)49-40(59)25(4)5)44(63)50-33(18-24(2)3)42(61)53-47(21-28(47)8)22-29(9)55(39)23-56/h12-15,23-29,32-35,37-39,57H,11,16-22H2,1-10H3,(H2,48,58)(H,49,59)(H,50,63)(H,51,62)(H,52,60)(H,53,61)/t26?,27?,28?,29-,32-,33-,34?,35-,37-,38-,39-,47?/m0/s1. The third kappa shape index (κ3) is 13.2. The van der Waals surface area contributed by atoms with Gasteiger partial charge in [0.05, 0.1) is 0 Å². The van der Waals surface area contributed by atoms with E-state index in [9.17, 15) is 48.3 Å². The number of esters is 1. The molecule has 3 heterocycles. The Kier molecular flexibility index (Phi) is 18.1. The molecule has 0 radical (unpaired) electrons. The van der Waals surface area contributed by atoms with Crippen LogP contribution in [0.3, 0.4) is 0 Å². The highest BCUT2D eigenvalue weighted by Gasteiger charge is 2.55. The molecular formula is C47H72N8O11. The van der Waals surface area contributed by atoms with Crippen molar-refractivity contribution in [1.29, 1.82) is 0 Å². The van der Waals surface area contributed by atoms with E-state index in [1.165, 1.54) is 29.0 Å². The number of amides is 8. The minimum absolute atomic E-state index is 0.0105. The maximum Gasteiger partial charge on any atom is 0.329 e. The van der Waals surface area contributed by atoms with Gasteiger partial charge >= 0.3 is 5.97 Å². The average Bonchev–Trinajstić information content (AvgIpc) is 3.87. The van der Waals surface area contributed by atoms with Gasteiger partial charge in [-0.1, -0.05) is 73.9 Å². The molecule has 8 amide bonds. The highest BCUT2D eigenvalue weighted by molar-refractivity contribution is 5.96. The predicted octanol–water partition coefficient (Wildman–Crippen LogP) is 1.18. The highest BCUT2D eigenvalue weighted by Crippen LogP contribution is 2.47. The van der Waals surface area contributed by atoms with Crippen molar-refractivity contribution in [3.63, 3.8) is 0 Å². The van der Waals surface area contributed by atoms with Crippen molar-refractivity contribution in [3.05, 3.63) is 29.8 Å². The molecule has 19 heteroatoms. The lowest BCUT2D eigenvalue weighted by atomic mass is 9.88.